The molecule has 4 aromatic rings. The Balaban J connectivity index is 1.46. The second-order valence-electron chi connectivity index (χ2n) is 8.00. The molecule has 0 aliphatic carbocycles. The Bertz CT molecular complexity index is 1300. The molecule has 2 amide bonds. The maximum atomic E-state index is 13.3. The van der Waals surface area contributed by atoms with Gasteiger partial charge in [0, 0.05) is 11.6 Å². The number of carbonyl (C=O) groups excluding carboxylic acids is 2. The number of carbonyl (C=O) groups is 2. The third kappa shape index (κ3) is 5.95. The van der Waals surface area contributed by atoms with Crippen LogP contribution >= 0.6 is 0 Å². The lowest BCUT2D eigenvalue weighted by Gasteiger charge is -2.10. The SMILES string of the molecule is Cc1ccccc1-c1cc(NC(=O)CNC(=O)Cc2cccc(F)c2)n(Cc2ccccc2)n1. The zero-order chi connectivity index (χ0) is 23.9. The Kier molecular flexibility index (Phi) is 7.13. The van der Waals surface area contributed by atoms with E-state index in [0.717, 1.165) is 22.4 Å². The van der Waals surface area contributed by atoms with Gasteiger partial charge in [0.1, 0.15) is 11.6 Å². The molecule has 6 nitrogen and oxygen atoms in total. The van der Waals surface area contributed by atoms with E-state index in [1.54, 1.807) is 16.8 Å². The molecule has 0 saturated carbocycles. The minimum Gasteiger partial charge on any atom is -0.347 e. The first-order valence-electron chi connectivity index (χ1n) is 11.0. The molecule has 7 heteroatoms. The number of rotatable bonds is 8. The second kappa shape index (κ2) is 10.6. The summed E-state index contributed by atoms with van der Waals surface area (Å²) >= 11 is 0. The van der Waals surface area contributed by atoms with Crippen molar-refractivity contribution in [2.24, 2.45) is 0 Å². The van der Waals surface area contributed by atoms with Crippen LogP contribution in [0.1, 0.15) is 16.7 Å². The average Bonchev–Trinajstić information content (AvgIpc) is 3.20. The number of nitrogens with zero attached hydrogens (tertiary/aromatic N) is 2. The predicted molar refractivity (Wildman–Crippen MR) is 130 cm³/mol. The summed E-state index contributed by atoms with van der Waals surface area (Å²) in [5, 5.41) is 10.2. The number of hydrogen-bond donors (Lipinski definition) is 2. The molecule has 0 aliphatic rings. The molecular weight excluding hydrogens is 431 g/mol. The van der Waals surface area contributed by atoms with Crippen molar-refractivity contribution in [3.8, 4) is 11.3 Å². The predicted octanol–water partition coefficient (Wildman–Crippen LogP) is 4.34. The van der Waals surface area contributed by atoms with E-state index in [9.17, 15) is 14.0 Å². The van der Waals surface area contributed by atoms with Crippen molar-refractivity contribution in [2.45, 2.75) is 19.9 Å². The fourth-order valence-electron chi connectivity index (χ4n) is 3.65. The average molecular weight is 457 g/mol. The number of halogens is 1. The molecule has 1 aromatic heterocycles. The lowest BCUT2D eigenvalue weighted by Crippen LogP contribution is -2.34. The van der Waals surface area contributed by atoms with Crippen molar-refractivity contribution in [2.75, 3.05) is 11.9 Å². The van der Waals surface area contributed by atoms with Crippen molar-refractivity contribution >= 4 is 17.6 Å². The van der Waals surface area contributed by atoms with E-state index in [0.29, 0.717) is 17.9 Å². The number of anilines is 1. The van der Waals surface area contributed by atoms with Gasteiger partial charge in [0.2, 0.25) is 11.8 Å². The first-order valence-corrected chi connectivity index (χ1v) is 11.0. The Morgan fingerprint density at radius 1 is 0.882 bits per heavy atom. The normalized spacial score (nSPS) is 10.6. The number of aryl methyl sites for hydroxylation is 1. The highest BCUT2D eigenvalue weighted by atomic mass is 19.1. The third-order valence-corrected chi connectivity index (χ3v) is 5.34. The van der Waals surface area contributed by atoms with Crippen molar-refractivity contribution in [1.29, 1.82) is 0 Å². The molecule has 0 aliphatic heterocycles. The maximum Gasteiger partial charge on any atom is 0.244 e. The largest absolute Gasteiger partial charge is 0.347 e. The van der Waals surface area contributed by atoms with Crippen LogP contribution in [0.5, 0.6) is 0 Å². The monoisotopic (exact) mass is 456 g/mol. The van der Waals surface area contributed by atoms with Gasteiger partial charge in [-0.15, -0.1) is 0 Å². The highest BCUT2D eigenvalue weighted by molar-refractivity contribution is 5.94. The molecule has 0 spiro atoms. The molecule has 0 unspecified atom stereocenters. The first kappa shape index (κ1) is 22.9. The van der Waals surface area contributed by atoms with Crippen molar-refractivity contribution in [3.05, 3.63) is 107 Å². The summed E-state index contributed by atoms with van der Waals surface area (Å²) in [5.74, 6) is -0.608. The van der Waals surface area contributed by atoms with Crippen molar-refractivity contribution < 1.29 is 14.0 Å². The fourth-order valence-corrected chi connectivity index (χ4v) is 3.65. The van der Waals surface area contributed by atoms with Crippen LogP contribution in [0.25, 0.3) is 11.3 Å². The molecule has 1 heterocycles. The van der Waals surface area contributed by atoms with Gasteiger partial charge in [-0.05, 0) is 35.7 Å². The third-order valence-electron chi connectivity index (χ3n) is 5.34. The highest BCUT2D eigenvalue weighted by Crippen LogP contribution is 2.25. The topological polar surface area (TPSA) is 76.0 Å². The minimum atomic E-state index is -0.404. The summed E-state index contributed by atoms with van der Waals surface area (Å²) in [6.45, 7) is 2.29. The van der Waals surface area contributed by atoms with E-state index in [1.807, 2.05) is 67.6 Å². The fraction of sp³-hybridized carbons (Fsp3) is 0.148. The number of nitrogens with one attached hydrogen (secondary N) is 2. The van der Waals surface area contributed by atoms with Crippen LogP contribution in [-0.4, -0.2) is 28.1 Å². The van der Waals surface area contributed by atoms with Crippen LogP contribution in [0.15, 0.2) is 84.9 Å². The second-order valence-corrected chi connectivity index (χ2v) is 8.00. The van der Waals surface area contributed by atoms with E-state index < -0.39 is 5.82 Å². The van der Waals surface area contributed by atoms with E-state index in [2.05, 4.69) is 10.6 Å². The lowest BCUT2D eigenvalue weighted by molar-refractivity contribution is -0.123. The van der Waals surface area contributed by atoms with Gasteiger partial charge in [0.15, 0.2) is 0 Å². The molecule has 0 bridgehead atoms. The molecule has 0 atom stereocenters. The molecule has 0 radical (unpaired) electrons. The van der Waals surface area contributed by atoms with E-state index in [1.165, 1.54) is 12.1 Å². The zero-order valence-electron chi connectivity index (χ0n) is 18.8. The van der Waals surface area contributed by atoms with E-state index >= 15 is 0 Å². The van der Waals surface area contributed by atoms with Gasteiger partial charge >= 0.3 is 0 Å². The van der Waals surface area contributed by atoms with Crippen LogP contribution in [0.3, 0.4) is 0 Å². The Hall–Kier alpha value is -4.26. The van der Waals surface area contributed by atoms with Gasteiger partial charge in [-0.25, -0.2) is 9.07 Å². The molecule has 4 rings (SSSR count). The smallest absolute Gasteiger partial charge is 0.244 e. The molecule has 0 saturated heterocycles. The van der Waals surface area contributed by atoms with Crippen molar-refractivity contribution in [3.63, 3.8) is 0 Å². The summed E-state index contributed by atoms with van der Waals surface area (Å²) in [4.78, 5) is 24.8. The number of hydrogen-bond acceptors (Lipinski definition) is 3. The van der Waals surface area contributed by atoms with E-state index in [-0.39, 0.29) is 24.8 Å². The Labute approximate surface area is 197 Å². The Morgan fingerprint density at radius 3 is 2.38 bits per heavy atom. The van der Waals surface area contributed by atoms with Crippen LogP contribution in [0.2, 0.25) is 0 Å². The zero-order valence-corrected chi connectivity index (χ0v) is 18.8. The first-order chi connectivity index (χ1) is 16.5. The molecule has 3 aromatic carbocycles. The molecular formula is C27H25FN4O2. The van der Waals surface area contributed by atoms with Gasteiger partial charge in [0.25, 0.3) is 0 Å². The van der Waals surface area contributed by atoms with Crippen LogP contribution in [-0.2, 0) is 22.6 Å². The van der Waals surface area contributed by atoms with Gasteiger partial charge in [-0.2, -0.15) is 5.10 Å². The van der Waals surface area contributed by atoms with Crippen LogP contribution < -0.4 is 10.6 Å². The van der Waals surface area contributed by atoms with Gasteiger partial charge in [0.05, 0.1) is 25.2 Å². The molecule has 0 fully saturated rings. The minimum absolute atomic E-state index is 0.00554. The van der Waals surface area contributed by atoms with Gasteiger partial charge in [-0.3, -0.25) is 9.59 Å². The van der Waals surface area contributed by atoms with Gasteiger partial charge in [-0.1, -0.05) is 66.7 Å². The standard InChI is InChI=1S/C27H25FN4O2/c1-19-8-5-6-13-23(19)24-16-25(32(31-24)18-20-9-3-2-4-10-20)30-27(34)17-29-26(33)15-21-11-7-12-22(28)14-21/h2-14,16H,15,17-18H2,1H3,(H,29,33)(H,30,34). The highest BCUT2D eigenvalue weighted by Gasteiger charge is 2.15. The maximum absolute atomic E-state index is 13.3. The summed E-state index contributed by atoms with van der Waals surface area (Å²) in [6.07, 6.45) is -0.00554. The van der Waals surface area contributed by atoms with E-state index in [4.69, 9.17) is 5.10 Å². The summed E-state index contributed by atoms with van der Waals surface area (Å²) in [6, 6.07) is 25.4. The van der Waals surface area contributed by atoms with Crippen LogP contribution in [0, 0.1) is 12.7 Å². The summed E-state index contributed by atoms with van der Waals surface area (Å²) in [5.41, 5.74) is 4.39. The molecule has 2 N–H and O–H groups in total. The summed E-state index contributed by atoms with van der Waals surface area (Å²) < 4.78 is 15.1. The molecule has 34 heavy (non-hydrogen) atoms. The number of amides is 2. The molecule has 172 valence electrons. The van der Waals surface area contributed by atoms with Gasteiger partial charge < -0.3 is 10.6 Å². The lowest BCUT2D eigenvalue weighted by atomic mass is 10.1. The number of aromatic nitrogens is 2. The Morgan fingerprint density at radius 2 is 1.62 bits per heavy atom. The van der Waals surface area contributed by atoms with Crippen LogP contribution in [0.4, 0.5) is 10.2 Å². The number of benzene rings is 3. The quantitative estimate of drug-likeness (QED) is 0.414. The summed E-state index contributed by atoms with van der Waals surface area (Å²) in [7, 11) is 0. The van der Waals surface area contributed by atoms with Crippen molar-refractivity contribution in [1.82, 2.24) is 15.1 Å².